The number of hydrogen-bond acceptors (Lipinski definition) is 2. The summed E-state index contributed by atoms with van der Waals surface area (Å²) in [5.74, 6) is 0.469. The zero-order chi connectivity index (χ0) is 10.7. The van der Waals surface area contributed by atoms with Crippen LogP contribution in [-0.4, -0.2) is 34.7 Å². The Balaban J connectivity index is 1.98. The molecule has 2 heterocycles. The lowest BCUT2D eigenvalue weighted by Crippen LogP contribution is -2.38. The van der Waals surface area contributed by atoms with Crippen molar-refractivity contribution < 1.29 is 5.11 Å². The van der Waals surface area contributed by atoms with Gasteiger partial charge in [-0.05, 0) is 44.4 Å². The lowest BCUT2D eigenvalue weighted by atomic mass is 9.97. The van der Waals surface area contributed by atoms with Crippen molar-refractivity contribution in [1.29, 1.82) is 0 Å². The summed E-state index contributed by atoms with van der Waals surface area (Å²) in [6, 6.07) is 4.61. The van der Waals surface area contributed by atoms with Crippen molar-refractivity contribution in [2.24, 2.45) is 5.92 Å². The second kappa shape index (κ2) is 4.81. The number of hydrogen-bond donors (Lipinski definition) is 2. The molecule has 0 radical (unpaired) electrons. The first kappa shape index (κ1) is 10.7. The van der Waals surface area contributed by atoms with Crippen LogP contribution in [0.3, 0.4) is 0 Å². The summed E-state index contributed by atoms with van der Waals surface area (Å²) in [5, 5.41) is 9.19. The number of rotatable bonds is 3. The highest BCUT2D eigenvalue weighted by Gasteiger charge is 2.23. The predicted molar refractivity (Wildman–Crippen MR) is 60.6 cm³/mol. The SMILES string of the molecule is C[C@H](c1ccc[nH]1)N1CCC[C@H](CO)C1. The summed E-state index contributed by atoms with van der Waals surface area (Å²) in [4.78, 5) is 5.72. The van der Waals surface area contributed by atoms with Crippen molar-refractivity contribution in [2.75, 3.05) is 19.7 Å². The number of nitrogens with one attached hydrogen (secondary N) is 1. The average Bonchev–Trinajstić information content (AvgIpc) is 2.81. The maximum absolute atomic E-state index is 9.19. The molecule has 2 N–H and O–H groups in total. The number of aliphatic hydroxyl groups excluding tert-OH is 1. The monoisotopic (exact) mass is 208 g/mol. The highest BCUT2D eigenvalue weighted by molar-refractivity contribution is 5.08. The van der Waals surface area contributed by atoms with Crippen molar-refractivity contribution in [3.8, 4) is 0 Å². The van der Waals surface area contributed by atoms with Crippen LogP contribution in [0.15, 0.2) is 18.3 Å². The normalized spacial score (nSPS) is 25.3. The summed E-state index contributed by atoms with van der Waals surface area (Å²) >= 11 is 0. The first-order valence-corrected chi connectivity index (χ1v) is 5.79. The Morgan fingerprint density at radius 2 is 2.53 bits per heavy atom. The lowest BCUT2D eigenvalue weighted by molar-refractivity contribution is 0.0924. The molecule has 1 aliphatic rings. The summed E-state index contributed by atoms with van der Waals surface area (Å²) in [7, 11) is 0. The maximum atomic E-state index is 9.19. The molecule has 0 aliphatic carbocycles. The quantitative estimate of drug-likeness (QED) is 0.794. The van der Waals surface area contributed by atoms with Crippen LogP contribution < -0.4 is 0 Å². The first-order chi connectivity index (χ1) is 7.31. The Morgan fingerprint density at radius 1 is 1.67 bits per heavy atom. The third kappa shape index (κ3) is 2.41. The van der Waals surface area contributed by atoms with Gasteiger partial charge in [-0.2, -0.15) is 0 Å². The van der Waals surface area contributed by atoms with Gasteiger partial charge in [-0.3, -0.25) is 4.90 Å². The Kier molecular flexibility index (Phi) is 3.44. The summed E-state index contributed by atoms with van der Waals surface area (Å²) in [6.07, 6.45) is 4.35. The minimum atomic E-state index is 0.327. The Morgan fingerprint density at radius 3 is 3.20 bits per heavy atom. The number of nitrogens with zero attached hydrogens (tertiary/aromatic N) is 1. The molecular formula is C12H20N2O. The van der Waals surface area contributed by atoms with Gasteiger partial charge >= 0.3 is 0 Å². The Hall–Kier alpha value is -0.800. The molecule has 1 saturated heterocycles. The van der Waals surface area contributed by atoms with Crippen LogP contribution in [0.25, 0.3) is 0 Å². The molecule has 0 spiro atoms. The number of aromatic nitrogens is 1. The van der Waals surface area contributed by atoms with E-state index in [1.165, 1.54) is 18.5 Å². The van der Waals surface area contributed by atoms with Crippen LogP contribution >= 0.6 is 0 Å². The van der Waals surface area contributed by atoms with E-state index >= 15 is 0 Å². The van der Waals surface area contributed by atoms with Gasteiger partial charge in [0.25, 0.3) is 0 Å². The van der Waals surface area contributed by atoms with Crippen molar-refractivity contribution in [3.63, 3.8) is 0 Å². The van der Waals surface area contributed by atoms with E-state index in [9.17, 15) is 5.11 Å². The van der Waals surface area contributed by atoms with E-state index in [0.717, 1.165) is 13.1 Å². The fourth-order valence-corrected chi connectivity index (χ4v) is 2.40. The second-order valence-electron chi connectivity index (χ2n) is 4.49. The molecule has 0 amide bonds. The van der Waals surface area contributed by atoms with E-state index in [0.29, 0.717) is 18.6 Å². The molecule has 84 valence electrons. The van der Waals surface area contributed by atoms with Crippen LogP contribution in [0.1, 0.15) is 31.5 Å². The highest BCUT2D eigenvalue weighted by atomic mass is 16.3. The molecule has 2 rings (SSSR count). The van der Waals surface area contributed by atoms with Crippen LogP contribution in [0.4, 0.5) is 0 Å². The molecule has 0 aromatic carbocycles. The standard InChI is InChI=1S/C12H20N2O/c1-10(12-5-2-6-13-12)14-7-3-4-11(8-14)9-15/h2,5-6,10-11,13,15H,3-4,7-9H2,1H3/t10-,11+/m1/s1. The number of aromatic amines is 1. The zero-order valence-corrected chi connectivity index (χ0v) is 9.32. The van der Waals surface area contributed by atoms with Crippen LogP contribution in [0, 0.1) is 5.92 Å². The Bertz CT molecular complexity index is 284. The molecule has 0 saturated carbocycles. The number of likely N-dealkylation sites (tertiary alicyclic amines) is 1. The van der Waals surface area contributed by atoms with E-state index < -0.39 is 0 Å². The van der Waals surface area contributed by atoms with Crippen LogP contribution in [0.5, 0.6) is 0 Å². The van der Waals surface area contributed by atoms with E-state index in [1.54, 1.807) is 0 Å². The van der Waals surface area contributed by atoms with Crippen LogP contribution in [-0.2, 0) is 0 Å². The maximum Gasteiger partial charge on any atom is 0.0471 e. The molecule has 3 heteroatoms. The summed E-state index contributed by atoms with van der Waals surface area (Å²) in [6.45, 7) is 4.73. The average molecular weight is 208 g/mol. The van der Waals surface area contributed by atoms with Gasteiger partial charge in [0.05, 0.1) is 0 Å². The fraction of sp³-hybridized carbons (Fsp3) is 0.667. The third-order valence-corrected chi connectivity index (χ3v) is 3.43. The van der Waals surface area contributed by atoms with Crippen molar-refractivity contribution >= 4 is 0 Å². The summed E-state index contributed by atoms with van der Waals surface area (Å²) in [5.41, 5.74) is 1.27. The van der Waals surface area contributed by atoms with Gasteiger partial charge in [0, 0.05) is 31.1 Å². The second-order valence-corrected chi connectivity index (χ2v) is 4.49. The van der Waals surface area contributed by atoms with Crippen molar-refractivity contribution in [3.05, 3.63) is 24.0 Å². The van der Waals surface area contributed by atoms with E-state index in [4.69, 9.17) is 0 Å². The van der Waals surface area contributed by atoms with Crippen molar-refractivity contribution in [2.45, 2.75) is 25.8 Å². The molecular weight excluding hydrogens is 188 g/mol. The highest BCUT2D eigenvalue weighted by Crippen LogP contribution is 2.25. The summed E-state index contributed by atoms with van der Waals surface area (Å²) < 4.78 is 0. The van der Waals surface area contributed by atoms with E-state index in [1.807, 2.05) is 12.3 Å². The van der Waals surface area contributed by atoms with Gasteiger partial charge in [0.1, 0.15) is 0 Å². The Labute approximate surface area is 91.1 Å². The lowest BCUT2D eigenvalue weighted by Gasteiger charge is -2.35. The molecule has 1 aromatic heterocycles. The molecule has 3 nitrogen and oxygen atoms in total. The van der Waals surface area contributed by atoms with E-state index in [2.05, 4.69) is 22.9 Å². The minimum absolute atomic E-state index is 0.327. The van der Waals surface area contributed by atoms with Gasteiger partial charge in [0.2, 0.25) is 0 Å². The largest absolute Gasteiger partial charge is 0.396 e. The minimum Gasteiger partial charge on any atom is -0.396 e. The first-order valence-electron chi connectivity index (χ1n) is 5.79. The molecule has 0 unspecified atom stereocenters. The predicted octanol–water partition coefficient (Wildman–Crippen LogP) is 1.78. The smallest absolute Gasteiger partial charge is 0.0471 e. The van der Waals surface area contributed by atoms with E-state index in [-0.39, 0.29) is 0 Å². The number of piperidine rings is 1. The number of aliphatic hydroxyl groups is 1. The van der Waals surface area contributed by atoms with Gasteiger partial charge in [-0.1, -0.05) is 0 Å². The van der Waals surface area contributed by atoms with Gasteiger partial charge in [0.15, 0.2) is 0 Å². The topological polar surface area (TPSA) is 39.3 Å². The number of H-pyrrole nitrogens is 1. The molecule has 1 aliphatic heterocycles. The zero-order valence-electron chi connectivity index (χ0n) is 9.32. The fourth-order valence-electron chi connectivity index (χ4n) is 2.40. The van der Waals surface area contributed by atoms with Gasteiger partial charge < -0.3 is 10.1 Å². The molecule has 1 fully saturated rings. The van der Waals surface area contributed by atoms with Gasteiger partial charge in [-0.25, -0.2) is 0 Å². The molecule has 1 aromatic rings. The molecule has 15 heavy (non-hydrogen) atoms. The molecule has 0 bridgehead atoms. The van der Waals surface area contributed by atoms with Crippen LogP contribution in [0.2, 0.25) is 0 Å². The third-order valence-electron chi connectivity index (χ3n) is 3.43. The molecule has 2 atom stereocenters. The van der Waals surface area contributed by atoms with Crippen molar-refractivity contribution in [1.82, 2.24) is 9.88 Å². The van der Waals surface area contributed by atoms with Gasteiger partial charge in [-0.15, -0.1) is 0 Å².